The molecule has 0 aliphatic carbocycles. The van der Waals surface area contributed by atoms with Crippen molar-refractivity contribution in [3.8, 4) is 0 Å². The average Bonchev–Trinajstić information content (AvgIpc) is 2.28. The van der Waals surface area contributed by atoms with Gasteiger partial charge in [-0.3, -0.25) is 0 Å². The van der Waals surface area contributed by atoms with Crippen LogP contribution in [0.2, 0.25) is 0 Å². The van der Waals surface area contributed by atoms with Gasteiger partial charge in [0.15, 0.2) is 0 Å². The highest BCUT2D eigenvalue weighted by Crippen LogP contribution is 2.28. The number of benzene rings is 1. The minimum atomic E-state index is -0.504. The van der Waals surface area contributed by atoms with Crippen molar-refractivity contribution in [1.29, 1.82) is 0 Å². The predicted molar refractivity (Wildman–Crippen MR) is 65.4 cm³/mol. The van der Waals surface area contributed by atoms with Crippen LogP contribution in [0, 0.1) is 11.6 Å². The fraction of sp³-hybridized carbons (Fsp3) is 0.500. The number of hydrogen-bond donors (Lipinski definition) is 1. The highest BCUT2D eigenvalue weighted by Gasteiger charge is 2.19. The first-order valence-corrected chi connectivity index (χ1v) is 6.27. The maximum Gasteiger partial charge on any atom is 0.145 e. The number of nitrogens with one attached hydrogen (secondary N) is 1. The van der Waals surface area contributed by atoms with Crippen molar-refractivity contribution in [1.82, 2.24) is 5.32 Å². The van der Waals surface area contributed by atoms with Crippen LogP contribution in [0.5, 0.6) is 0 Å². The average molecular weight is 292 g/mol. The largest absolute Gasteiger partial charge is 0.310 e. The third-order valence-corrected chi connectivity index (χ3v) is 3.09. The van der Waals surface area contributed by atoms with Gasteiger partial charge >= 0.3 is 0 Å². The molecule has 4 heteroatoms. The van der Waals surface area contributed by atoms with Gasteiger partial charge in [0.05, 0.1) is 4.47 Å². The van der Waals surface area contributed by atoms with Crippen molar-refractivity contribution in [2.24, 2.45) is 0 Å². The van der Waals surface area contributed by atoms with Gasteiger partial charge in [-0.2, -0.15) is 0 Å². The molecule has 0 aliphatic heterocycles. The first-order valence-electron chi connectivity index (χ1n) is 5.48. The first-order chi connectivity index (χ1) is 7.61. The van der Waals surface area contributed by atoms with E-state index in [1.807, 2.05) is 13.8 Å². The van der Waals surface area contributed by atoms with Crippen LogP contribution in [0.4, 0.5) is 8.78 Å². The van der Waals surface area contributed by atoms with Gasteiger partial charge in [0, 0.05) is 11.6 Å². The molecule has 90 valence electrons. The van der Waals surface area contributed by atoms with Crippen LogP contribution in [-0.4, -0.2) is 6.54 Å². The van der Waals surface area contributed by atoms with Crippen molar-refractivity contribution in [2.45, 2.75) is 32.7 Å². The van der Waals surface area contributed by atoms with Gasteiger partial charge < -0.3 is 5.32 Å². The molecule has 16 heavy (non-hydrogen) atoms. The third-order valence-electron chi connectivity index (χ3n) is 2.48. The van der Waals surface area contributed by atoms with Gasteiger partial charge in [-0.05, 0) is 47.4 Å². The summed E-state index contributed by atoms with van der Waals surface area (Å²) in [6, 6.07) is 2.41. The second-order valence-electron chi connectivity index (χ2n) is 3.67. The lowest BCUT2D eigenvalue weighted by Crippen LogP contribution is -2.23. The van der Waals surface area contributed by atoms with Crippen LogP contribution < -0.4 is 5.32 Å². The molecule has 1 nitrogen and oxygen atoms in total. The van der Waals surface area contributed by atoms with Crippen LogP contribution in [0.25, 0.3) is 0 Å². The van der Waals surface area contributed by atoms with E-state index in [9.17, 15) is 8.78 Å². The summed E-state index contributed by atoms with van der Waals surface area (Å²) in [5, 5.41) is 3.14. The number of rotatable bonds is 5. The summed E-state index contributed by atoms with van der Waals surface area (Å²) < 4.78 is 27.7. The smallest absolute Gasteiger partial charge is 0.145 e. The Hall–Kier alpha value is -0.480. The molecule has 0 aromatic heterocycles. The molecule has 1 N–H and O–H groups in total. The Kier molecular flexibility index (Phi) is 5.35. The molecule has 1 aromatic rings. The van der Waals surface area contributed by atoms with E-state index in [0.29, 0.717) is 10.9 Å². The second kappa shape index (κ2) is 6.30. The fourth-order valence-corrected chi connectivity index (χ4v) is 1.98. The minimum absolute atomic E-state index is 0.130. The highest BCUT2D eigenvalue weighted by atomic mass is 79.9. The summed E-state index contributed by atoms with van der Waals surface area (Å²) in [6.45, 7) is 4.68. The third kappa shape index (κ3) is 3.01. The Morgan fingerprint density at radius 2 is 2.00 bits per heavy atom. The SMILES string of the molecule is CCCNC(CC)c1c(F)ccc(Br)c1F. The van der Waals surface area contributed by atoms with Crippen molar-refractivity contribution in [2.75, 3.05) is 6.54 Å². The molecule has 1 aromatic carbocycles. The molecule has 0 heterocycles. The van der Waals surface area contributed by atoms with E-state index in [1.165, 1.54) is 12.1 Å². The van der Waals surface area contributed by atoms with Gasteiger partial charge in [-0.15, -0.1) is 0 Å². The van der Waals surface area contributed by atoms with Crippen molar-refractivity contribution < 1.29 is 8.78 Å². The molecule has 0 aliphatic rings. The van der Waals surface area contributed by atoms with Crippen molar-refractivity contribution >= 4 is 15.9 Å². The lowest BCUT2D eigenvalue weighted by atomic mass is 10.0. The molecule has 1 unspecified atom stereocenters. The Morgan fingerprint density at radius 1 is 1.31 bits per heavy atom. The van der Waals surface area contributed by atoms with Gasteiger partial charge in [0.25, 0.3) is 0 Å². The molecule has 0 saturated carbocycles. The molecule has 0 amide bonds. The van der Waals surface area contributed by atoms with Gasteiger partial charge in [0.2, 0.25) is 0 Å². The number of hydrogen-bond acceptors (Lipinski definition) is 1. The van der Waals surface area contributed by atoms with E-state index in [4.69, 9.17) is 0 Å². The second-order valence-corrected chi connectivity index (χ2v) is 4.53. The van der Waals surface area contributed by atoms with Gasteiger partial charge in [-0.1, -0.05) is 13.8 Å². The summed E-state index contributed by atoms with van der Waals surface area (Å²) in [6.07, 6.45) is 1.60. The zero-order valence-electron chi connectivity index (χ0n) is 9.49. The normalized spacial score (nSPS) is 12.8. The monoisotopic (exact) mass is 291 g/mol. The number of halogens is 3. The summed E-state index contributed by atoms with van der Waals surface area (Å²) in [5.74, 6) is -0.994. The maximum atomic E-state index is 13.8. The van der Waals surface area contributed by atoms with E-state index in [2.05, 4.69) is 21.2 Å². The zero-order valence-corrected chi connectivity index (χ0v) is 11.1. The topological polar surface area (TPSA) is 12.0 Å². The Labute approximate surface area is 103 Å². The minimum Gasteiger partial charge on any atom is -0.310 e. The van der Waals surface area contributed by atoms with Crippen LogP contribution in [0.3, 0.4) is 0 Å². The van der Waals surface area contributed by atoms with E-state index in [1.54, 1.807) is 0 Å². The molecule has 0 bridgehead atoms. The lowest BCUT2D eigenvalue weighted by molar-refractivity contribution is 0.456. The lowest BCUT2D eigenvalue weighted by Gasteiger charge is -2.18. The summed E-state index contributed by atoms with van der Waals surface area (Å²) in [7, 11) is 0. The molecular weight excluding hydrogens is 276 g/mol. The first kappa shape index (κ1) is 13.6. The van der Waals surface area contributed by atoms with Gasteiger partial charge in [0.1, 0.15) is 11.6 Å². The highest BCUT2D eigenvalue weighted by molar-refractivity contribution is 9.10. The Bertz CT molecular complexity index is 355. The Balaban J connectivity index is 3.03. The summed E-state index contributed by atoms with van der Waals surface area (Å²) in [4.78, 5) is 0. The van der Waals surface area contributed by atoms with E-state index in [0.717, 1.165) is 13.0 Å². The van der Waals surface area contributed by atoms with Crippen LogP contribution >= 0.6 is 15.9 Å². The van der Waals surface area contributed by atoms with E-state index in [-0.39, 0.29) is 11.6 Å². The fourth-order valence-electron chi connectivity index (χ4n) is 1.63. The molecule has 0 saturated heterocycles. The molecule has 0 spiro atoms. The zero-order chi connectivity index (χ0) is 12.1. The van der Waals surface area contributed by atoms with Gasteiger partial charge in [-0.25, -0.2) is 8.78 Å². The van der Waals surface area contributed by atoms with Crippen molar-refractivity contribution in [3.63, 3.8) is 0 Å². The van der Waals surface area contributed by atoms with Crippen LogP contribution in [-0.2, 0) is 0 Å². The quantitative estimate of drug-likeness (QED) is 0.803. The summed E-state index contributed by atoms with van der Waals surface area (Å²) in [5.41, 5.74) is 0.130. The van der Waals surface area contributed by atoms with Crippen LogP contribution in [0.15, 0.2) is 16.6 Å². The van der Waals surface area contributed by atoms with E-state index >= 15 is 0 Å². The van der Waals surface area contributed by atoms with Crippen LogP contribution in [0.1, 0.15) is 38.3 Å². The maximum absolute atomic E-state index is 13.8. The molecule has 0 radical (unpaired) electrons. The predicted octanol–water partition coefficient (Wildman–Crippen LogP) is 4.18. The molecule has 1 rings (SSSR count). The summed E-state index contributed by atoms with van der Waals surface area (Å²) >= 11 is 3.08. The molecule has 0 fully saturated rings. The van der Waals surface area contributed by atoms with E-state index < -0.39 is 11.6 Å². The molecule has 1 atom stereocenters. The Morgan fingerprint density at radius 3 is 2.56 bits per heavy atom. The van der Waals surface area contributed by atoms with Crippen molar-refractivity contribution in [3.05, 3.63) is 33.8 Å². The standard InChI is InChI=1S/C12H16BrF2N/c1-3-7-16-10(4-2)11-9(14)6-5-8(13)12(11)15/h5-6,10,16H,3-4,7H2,1-2H3. The molecular formula is C12H16BrF2N.